The number of likely N-dealkylation sites (tertiary alicyclic amines) is 1. The quantitative estimate of drug-likeness (QED) is 0.899. The molecular formula is C14H19N5O2S. The molecule has 2 aromatic rings. The third-order valence-electron chi connectivity index (χ3n) is 3.89. The summed E-state index contributed by atoms with van der Waals surface area (Å²) >= 11 is 1.67. The fraction of sp³-hybridized carbons (Fsp3) is 0.571. The van der Waals surface area contributed by atoms with Crippen LogP contribution < -0.4 is 5.69 Å². The van der Waals surface area contributed by atoms with Crippen LogP contribution in [0, 0.1) is 0 Å². The zero-order valence-corrected chi connectivity index (χ0v) is 13.4. The maximum absolute atomic E-state index is 12.4. The Morgan fingerprint density at radius 3 is 2.95 bits per heavy atom. The van der Waals surface area contributed by atoms with Gasteiger partial charge in [0.1, 0.15) is 0 Å². The Bertz CT molecular complexity index is 717. The first kappa shape index (κ1) is 15.0. The van der Waals surface area contributed by atoms with Crippen LogP contribution in [-0.4, -0.2) is 44.1 Å². The Kier molecular flexibility index (Phi) is 4.10. The number of carbonyl (C=O) groups excluding carboxylic acids is 1. The number of thiazole rings is 1. The molecule has 2 aromatic heterocycles. The molecule has 1 aliphatic heterocycles. The number of nitrogens with zero attached hydrogens (tertiary/aromatic N) is 3. The summed E-state index contributed by atoms with van der Waals surface area (Å²) in [5.74, 6) is 0.526. The van der Waals surface area contributed by atoms with Crippen LogP contribution in [0.2, 0.25) is 0 Å². The molecule has 2 N–H and O–H groups in total. The van der Waals surface area contributed by atoms with Crippen molar-refractivity contribution in [3.63, 3.8) is 0 Å². The van der Waals surface area contributed by atoms with Crippen molar-refractivity contribution in [2.24, 2.45) is 0 Å². The maximum atomic E-state index is 12.4. The highest BCUT2D eigenvalue weighted by atomic mass is 32.1. The van der Waals surface area contributed by atoms with Crippen molar-refractivity contribution in [1.82, 2.24) is 25.1 Å². The van der Waals surface area contributed by atoms with Crippen molar-refractivity contribution in [3.05, 3.63) is 32.4 Å². The van der Waals surface area contributed by atoms with E-state index in [4.69, 9.17) is 4.98 Å². The summed E-state index contributed by atoms with van der Waals surface area (Å²) < 4.78 is 0. The van der Waals surface area contributed by atoms with Gasteiger partial charge >= 0.3 is 5.69 Å². The largest absolute Gasteiger partial charge is 0.341 e. The lowest BCUT2D eigenvalue weighted by Gasteiger charge is -2.31. The molecule has 1 amide bonds. The van der Waals surface area contributed by atoms with E-state index in [1.807, 2.05) is 0 Å². The van der Waals surface area contributed by atoms with Gasteiger partial charge in [-0.05, 0) is 18.8 Å². The normalized spacial score (nSPS) is 18.9. The molecule has 1 unspecified atom stereocenters. The molecule has 1 saturated heterocycles. The molecule has 0 spiro atoms. The summed E-state index contributed by atoms with van der Waals surface area (Å²) in [6, 6.07) is 0. The third-order valence-corrected chi connectivity index (χ3v) is 4.92. The SMILES string of the molecule is CC(C)c1csc(C2CCCN(C(=O)c3n[nH]c(=O)[nH]3)C2)n1. The Balaban J connectivity index is 1.73. The van der Waals surface area contributed by atoms with Crippen molar-refractivity contribution >= 4 is 17.2 Å². The fourth-order valence-corrected chi connectivity index (χ4v) is 3.75. The number of aromatic nitrogens is 4. The molecule has 3 rings (SSSR count). The van der Waals surface area contributed by atoms with Crippen LogP contribution >= 0.6 is 11.3 Å². The minimum atomic E-state index is -0.460. The second-order valence-electron chi connectivity index (χ2n) is 5.88. The number of hydrogen-bond donors (Lipinski definition) is 2. The van der Waals surface area contributed by atoms with Gasteiger partial charge < -0.3 is 4.90 Å². The fourth-order valence-electron chi connectivity index (χ4n) is 2.64. The summed E-state index contributed by atoms with van der Waals surface area (Å²) in [6.45, 7) is 5.57. The maximum Gasteiger partial charge on any atom is 0.341 e. The number of rotatable bonds is 3. The molecule has 0 saturated carbocycles. The number of hydrogen-bond acceptors (Lipinski definition) is 5. The number of piperidine rings is 1. The monoisotopic (exact) mass is 321 g/mol. The summed E-state index contributed by atoms with van der Waals surface area (Å²) in [5, 5.41) is 9.14. The molecule has 1 fully saturated rings. The number of carbonyl (C=O) groups is 1. The molecule has 22 heavy (non-hydrogen) atoms. The summed E-state index contributed by atoms with van der Waals surface area (Å²) in [5.41, 5.74) is 0.651. The number of aromatic amines is 2. The van der Waals surface area contributed by atoms with Crippen LogP contribution in [0.3, 0.4) is 0 Å². The smallest absolute Gasteiger partial charge is 0.335 e. The van der Waals surface area contributed by atoms with E-state index in [1.165, 1.54) is 0 Å². The van der Waals surface area contributed by atoms with E-state index in [-0.39, 0.29) is 17.6 Å². The molecule has 0 aromatic carbocycles. The van der Waals surface area contributed by atoms with Gasteiger partial charge in [0.25, 0.3) is 5.91 Å². The van der Waals surface area contributed by atoms with Crippen molar-refractivity contribution in [2.45, 2.75) is 38.5 Å². The van der Waals surface area contributed by atoms with Crippen molar-refractivity contribution in [1.29, 1.82) is 0 Å². The summed E-state index contributed by atoms with van der Waals surface area (Å²) in [6.07, 6.45) is 1.97. The minimum absolute atomic E-state index is 0.0765. The van der Waals surface area contributed by atoms with Crippen LogP contribution in [0.25, 0.3) is 0 Å². The van der Waals surface area contributed by atoms with E-state index in [2.05, 4.69) is 34.4 Å². The van der Waals surface area contributed by atoms with Gasteiger partial charge in [0.15, 0.2) is 0 Å². The van der Waals surface area contributed by atoms with E-state index >= 15 is 0 Å². The average molecular weight is 321 g/mol. The molecule has 118 valence electrons. The van der Waals surface area contributed by atoms with Gasteiger partial charge in [-0.25, -0.2) is 14.9 Å². The van der Waals surface area contributed by atoms with E-state index in [9.17, 15) is 9.59 Å². The molecular weight excluding hydrogens is 302 g/mol. The molecule has 0 radical (unpaired) electrons. The van der Waals surface area contributed by atoms with E-state index < -0.39 is 5.69 Å². The Labute approximate surface area is 131 Å². The highest BCUT2D eigenvalue weighted by Gasteiger charge is 2.28. The predicted molar refractivity (Wildman–Crippen MR) is 83.3 cm³/mol. The molecule has 0 bridgehead atoms. The Hall–Kier alpha value is -1.96. The van der Waals surface area contributed by atoms with Gasteiger partial charge in [0, 0.05) is 24.4 Å². The molecule has 7 nitrogen and oxygen atoms in total. The lowest BCUT2D eigenvalue weighted by Crippen LogP contribution is -2.39. The van der Waals surface area contributed by atoms with E-state index in [1.54, 1.807) is 16.2 Å². The van der Waals surface area contributed by atoms with Crippen LogP contribution in [0.5, 0.6) is 0 Å². The van der Waals surface area contributed by atoms with Crippen LogP contribution in [-0.2, 0) is 0 Å². The van der Waals surface area contributed by atoms with Crippen LogP contribution in [0.4, 0.5) is 0 Å². The second kappa shape index (κ2) is 6.04. The number of amides is 1. The standard InChI is InChI=1S/C14H19N5O2S/c1-8(2)10-7-22-12(15-10)9-4-3-5-19(6-9)13(20)11-16-14(21)18-17-11/h7-9H,3-6H2,1-2H3,(H2,16,17,18,21). The summed E-state index contributed by atoms with van der Waals surface area (Å²) in [7, 11) is 0. The van der Waals surface area contributed by atoms with Crippen LogP contribution in [0.15, 0.2) is 10.2 Å². The van der Waals surface area contributed by atoms with Crippen LogP contribution in [0.1, 0.15) is 59.8 Å². The molecule has 3 heterocycles. The van der Waals surface area contributed by atoms with Gasteiger partial charge in [0.05, 0.1) is 10.7 Å². The Morgan fingerprint density at radius 2 is 2.32 bits per heavy atom. The van der Waals surface area contributed by atoms with Crippen molar-refractivity contribution in [3.8, 4) is 0 Å². The molecule has 1 aliphatic rings. The topological polar surface area (TPSA) is 94.7 Å². The molecule has 8 heteroatoms. The van der Waals surface area contributed by atoms with Gasteiger partial charge in [-0.15, -0.1) is 16.4 Å². The number of H-pyrrole nitrogens is 2. The van der Waals surface area contributed by atoms with Gasteiger partial charge in [-0.3, -0.25) is 9.78 Å². The molecule has 0 aliphatic carbocycles. The van der Waals surface area contributed by atoms with E-state index in [0.29, 0.717) is 19.0 Å². The first-order chi connectivity index (χ1) is 10.5. The predicted octanol–water partition coefficient (Wildman–Crippen LogP) is 1.70. The average Bonchev–Trinajstić information content (AvgIpc) is 3.15. The van der Waals surface area contributed by atoms with Crippen molar-refractivity contribution in [2.75, 3.05) is 13.1 Å². The lowest BCUT2D eigenvalue weighted by atomic mass is 9.98. The first-order valence-electron chi connectivity index (χ1n) is 7.44. The third kappa shape index (κ3) is 2.96. The lowest BCUT2D eigenvalue weighted by molar-refractivity contribution is 0.0695. The van der Waals surface area contributed by atoms with E-state index in [0.717, 1.165) is 23.5 Å². The van der Waals surface area contributed by atoms with Crippen molar-refractivity contribution < 1.29 is 4.79 Å². The zero-order chi connectivity index (χ0) is 15.7. The van der Waals surface area contributed by atoms with Gasteiger partial charge in [0.2, 0.25) is 5.82 Å². The van der Waals surface area contributed by atoms with Gasteiger partial charge in [-0.1, -0.05) is 13.8 Å². The highest BCUT2D eigenvalue weighted by Crippen LogP contribution is 2.31. The molecule has 1 atom stereocenters. The Morgan fingerprint density at radius 1 is 1.50 bits per heavy atom. The minimum Gasteiger partial charge on any atom is -0.335 e. The number of nitrogens with one attached hydrogen (secondary N) is 2. The van der Waals surface area contributed by atoms with Gasteiger partial charge in [-0.2, -0.15) is 0 Å². The summed E-state index contributed by atoms with van der Waals surface area (Å²) in [4.78, 5) is 32.3. The first-order valence-corrected chi connectivity index (χ1v) is 8.32. The zero-order valence-electron chi connectivity index (χ0n) is 12.6. The second-order valence-corrected chi connectivity index (χ2v) is 6.77. The highest BCUT2D eigenvalue weighted by molar-refractivity contribution is 7.09.